The van der Waals surface area contributed by atoms with Crippen molar-refractivity contribution in [3.05, 3.63) is 101 Å². The summed E-state index contributed by atoms with van der Waals surface area (Å²) in [5.41, 5.74) is 3.50. The highest BCUT2D eigenvalue weighted by atomic mass is 35.5. The summed E-state index contributed by atoms with van der Waals surface area (Å²) in [6, 6.07) is 19.6. The minimum absolute atomic E-state index is 0.303. The van der Waals surface area contributed by atoms with Crippen molar-refractivity contribution >= 4 is 61.9 Å². The molecular formula is C26H23Cl2N5O3S2. The molecule has 1 saturated heterocycles. The quantitative estimate of drug-likeness (QED) is 0.267. The van der Waals surface area contributed by atoms with Crippen molar-refractivity contribution in [2.45, 2.75) is 12.1 Å². The molecule has 0 amide bonds. The molecule has 8 nitrogen and oxygen atoms in total. The van der Waals surface area contributed by atoms with E-state index in [2.05, 4.69) is 15.0 Å². The monoisotopic (exact) mass is 587 g/mol. The summed E-state index contributed by atoms with van der Waals surface area (Å²) in [4.78, 5) is 6.57. The summed E-state index contributed by atoms with van der Waals surface area (Å²) < 4.78 is 33.7. The molecule has 1 aliphatic rings. The van der Waals surface area contributed by atoms with Crippen molar-refractivity contribution in [2.24, 2.45) is 0 Å². The van der Waals surface area contributed by atoms with Crippen LogP contribution in [0.25, 0.3) is 5.69 Å². The molecule has 12 heteroatoms. The van der Waals surface area contributed by atoms with Gasteiger partial charge in [0.05, 0.1) is 41.5 Å². The zero-order valence-corrected chi connectivity index (χ0v) is 23.4. The van der Waals surface area contributed by atoms with Crippen LogP contribution in [0.15, 0.2) is 79.1 Å². The van der Waals surface area contributed by atoms with E-state index >= 15 is 0 Å². The molecule has 2 atom stereocenters. The number of methoxy groups -OCH3 is 1. The summed E-state index contributed by atoms with van der Waals surface area (Å²) in [6.07, 6.45) is 4.76. The molecule has 38 heavy (non-hydrogen) atoms. The maximum atomic E-state index is 11.9. The van der Waals surface area contributed by atoms with E-state index in [1.165, 1.54) is 7.11 Å². The number of rotatable bonds is 7. The Morgan fingerprint density at radius 1 is 1.08 bits per heavy atom. The number of anilines is 2. The Morgan fingerprint density at radius 3 is 2.58 bits per heavy atom. The highest BCUT2D eigenvalue weighted by Crippen LogP contribution is 2.44. The van der Waals surface area contributed by atoms with Crippen molar-refractivity contribution in [1.82, 2.24) is 14.9 Å². The third kappa shape index (κ3) is 5.17. The Balaban J connectivity index is 1.66. The molecule has 5 rings (SSSR count). The Morgan fingerprint density at radius 2 is 1.89 bits per heavy atom. The molecule has 2 aromatic heterocycles. The van der Waals surface area contributed by atoms with Crippen LogP contribution in [-0.4, -0.2) is 36.4 Å². The van der Waals surface area contributed by atoms with Gasteiger partial charge in [0.25, 0.3) is 0 Å². The summed E-state index contributed by atoms with van der Waals surface area (Å²) in [5.74, 6) is 0.354. The molecule has 2 aromatic carbocycles. The average Bonchev–Trinajstić information content (AvgIpc) is 3.48. The number of hydrogen-bond acceptors (Lipinski definition) is 5. The molecular weight excluding hydrogens is 565 g/mol. The lowest BCUT2D eigenvalue weighted by Gasteiger charge is -2.29. The first-order chi connectivity index (χ1) is 18.2. The fraction of sp³-hybridized carbons (Fsp3) is 0.154. The lowest BCUT2D eigenvalue weighted by atomic mass is 10.0. The van der Waals surface area contributed by atoms with Crippen molar-refractivity contribution in [3.8, 4) is 11.4 Å². The molecule has 2 N–H and O–H groups in total. The fourth-order valence-electron chi connectivity index (χ4n) is 4.58. The molecule has 0 radical (unpaired) electrons. The van der Waals surface area contributed by atoms with Crippen LogP contribution in [0.1, 0.15) is 23.5 Å². The number of sulfonamides is 1. The second-order valence-electron chi connectivity index (χ2n) is 8.65. The Hall–Kier alpha value is -3.31. The molecule has 0 aliphatic carbocycles. The molecule has 4 aromatic rings. The molecule has 1 fully saturated rings. The third-order valence-electron chi connectivity index (χ3n) is 6.11. The zero-order valence-electron chi connectivity index (χ0n) is 20.3. The number of pyridine rings is 1. The lowest BCUT2D eigenvalue weighted by Crippen LogP contribution is -2.30. The van der Waals surface area contributed by atoms with Gasteiger partial charge in [-0.05, 0) is 66.8 Å². The topological polar surface area (TPSA) is 88.5 Å². The predicted molar refractivity (Wildman–Crippen MR) is 155 cm³/mol. The first-order valence-corrected chi connectivity index (χ1v) is 14.5. The van der Waals surface area contributed by atoms with Gasteiger partial charge in [-0.2, -0.15) is 0 Å². The van der Waals surface area contributed by atoms with Gasteiger partial charge in [0, 0.05) is 34.9 Å². The standard InChI is InChI=1S/C26H23Cl2N5O3S2/c1-36-23-15-17(9-10-19(23)31-38(2,34)35)33-25(24(30-26(33)37)20-6-3-4-12-29-20)22-7-5-13-32(22)21-11-8-16(27)14-18(21)28/h3-15,24-25,31H,1-2H3,(H,30,37)/t24-,25+/m0/s1. The van der Waals surface area contributed by atoms with Crippen molar-refractivity contribution in [1.29, 1.82) is 0 Å². The summed E-state index contributed by atoms with van der Waals surface area (Å²) in [6.45, 7) is 0. The Kier molecular flexibility index (Phi) is 7.23. The first kappa shape index (κ1) is 26.3. The van der Waals surface area contributed by atoms with Crippen LogP contribution in [0.2, 0.25) is 10.0 Å². The maximum absolute atomic E-state index is 11.9. The van der Waals surface area contributed by atoms with Gasteiger partial charge in [-0.1, -0.05) is 29.3 Å². The Labute approximate surface area is 236 Å². The zero-order chi connectivity index (χ0) is 27.0. The molecule has 3 heterocycles. The van der Waals surface area contributed by atoms with Gasteiger partial charge in [0.15, 0.2) is 5.11 Å². The normalized spacial score (nSPS) is 17.4. The van der Waals surface area contributed by atoms with E-state index in [-0.39, 0.29) is 12.1 Å². The van der Waals surface area contributed by atoms with Gasteiger partial charge in [0.1, 0.15) is 11.8 Å². The highest BCUT2D eigenvalue weighted by molar-refractivity contribution is 7.92. The van der Waals surface area contributed by atoms with E-state index in [4.69, 9.17) is 40.2 Å². The predicted octanol–water partition coefficient (Wildman–Crippen LogP) is 5.74. The molecule has 0 unspecified atom stereocenters. The lowest BCUT2D eigenvalue weighted by molar-refractivity contribution is 0.417. The van der Waals surface area contributed by atoms with Crippen molar-refractivity contribution in [3.63, 3.8) is 0 Å². The molecule has 196 valence electrons. The molecule has 0 saturated carbocycles. The highest BCUT2D eigenvalue weighted by Gasteiger charge is 2.42. The van der Waals surface area contributed by atoms with Crippen LogP contribution in [0, 0.1) is 0 Å². The van der Waals surface area contributed by atoms with Crippen molar-refractivity contribution < 1.29 is 13.2 Å². The van der Waals surface area contributed by atoms with E-state index < -0.39 is 10.0 Å². The van der Waals surface area contributed by atoms with Gasteiger partial charge < -0.3 is 19.5 Å². The maximum Gasteiger partial charge on any atom is 0.229 e. The van der Waals surface area contributed by atoms with Crippen LogP contribution in [0.4, 0.5) is 11.4 Å². The van der Waals surface area contributed by atoms with Crippen molar-refractivity contribution in [2.75, 3.05) is 23.0 Å². The van der Waals surface area contributed by atoms with E-state index in [0.29, 0.717) is 32.3 Å². The second-order valence-corrected chi connectivity index (χ2v) is 11.6. The summed E-state index contributed by atoms with van der Waals surface area (Å²) in [5, 5.41) is 4.95. The number of aromatic nitrogens is 2. The van der Waals surface area contributed by atoms with Gasteiger partial charge >= 0.3 is 0 Å². The minimum atomic E-state index is -3.50. The Bertz CT molecular complexity index is 1610. The van der Waals surface area contributed by atoms with Crippen LogP contribution in [0.3, 0.4) is 0 Å². The number of thiocarbonyl (C=S) groups is 1. The van der Waals surface area contributed by atoms with Gasteiger partial charge in [-0.15, -0.1) is 0 Å². The smallest absolute Gasteiger partial charge is 0.229 e. The summed E-state index contributed by atoms with van der Waals surface area (Å²) in [7, 11) is -2.02. The van der Waals surface area contributed by atoms with E-state index in [1.54, 1.807) is 36.5 Å². The van der Waals surface area contributed by atoms with E-state index in [1.807, 2.05) is 52.1 Å². The van der Waals surface area contributed by atoms with Gasteiger partial charge in [-0.3, -0.25) is 9.71 Å². The van der Waals surface area contributed by atoms with Crippen LogP contribution < -0.4 is 19.7 Å². The van der Waals surface area contributed by atoms with Crippen LogP contribution in [0.5, 0.6) is 5.75 Å². The minimum Gasteiger partial charge on any atom is -0.494 e. The number of hydrogen-bond donors (Lipinski definition) is 2. The molecule has 0 spiro atoms. The van der Waals surface area contributed by atoms with Gasteiger partial charge in [-0.25, -0.2) is 8.42 Å². The average molecular weight is 589 g/mol. The largest absolute Gasteiger partial charge is 0.494 e. The van der Waals surface area contributed by atoms with E-state index in [9.17, 15) is 8.42 Å². The first-order valence-electron chi connectivity index (χ1n) is 11.5. The number of nitrogens with one attached hydrogen (secondary N) is 2. The number of halogens is 2. The molecule has 1 aliphatic heterocycles. The third-order valence-corrected chi connectivity index (χ3v) is 7.55. The van der Waals surface area contributed by atoms with Gasteiger partial charge in [0.2, 0.25) is 10.0 Å². The second kappa shape index (κ2) is 10.5. The number of benzene rings is 2. The number of ether oxygens (including phenoxy) is 1. The van der Waals surface area contributed by atoms with Crippen LogP contribution >= 0.6 is 35.4 Å². The number of nitrogens with zero attached hydrogens (tertiary/aromatic N) is 3. The molecule has 0 bridgehead atoms. The SMILES string of the molecule is COc1cc(N2C(=S)N[C@@H](c3ccccn3)[C@H]2c2cccn2-c2ccc(Cl)cc2Cl)ccc1NS(C)(=O)=O. The summed E-state index contributed by atoms with van der Waals surface area (Å²) >= 11 is 18.6. The van der Waals surface area contributed by atoms with Crippen LogP contribution in [-0.2, 0) is 10.0 Å². The fourth-order valence-corrected chi connectivity index (χ4v) is 5.99. The van der Waals surface area contributed by atoms with E-state index in [0.717, 1.165) is 23.3 Å².